The number of carbonyl (C=O) groups is 1. The highest BCUT2D eigenvalue weighted by molar-refractivity contribution is 8.23. The lowest BCUT2D eigenvalue weighted by molar-refractivity contribution is 0.106. The summed E-state index contributed by atoms with van der Waals surface area (Å²) in [5.41, 5.74) is 1.96. The molecule has 0 aliphatic carbocycles. The third-order valence-corrected chi connectivity index (χ3v) is 5.73. The molecule has 0 amide bonds. The molecule has 0 radical (unpaired) electrons. The fourth-order valence-corrected chi connectivity index (χ4v) is 4.10. The van der Waals surface area contributed by atoms with E-state index in [4.69, 9.17) is 4.74 Å². The number of aromatic nitrogens is 2. The van der Waals surface area contributed by atoms with Crippen molar-refractivity contribution < 1.29 is 9.53 Å². The number of thioether (sulfide) groups is 1. The van der Waals surface area contributed by atoms with Crippen LogP contribution in [0.25, 0.3) is 4.91 Å². The van der Waals surface area contributed by atoms with Gasteiger partial charge in [0, 0.05) is 23.1 Å². The molecule has 3 aromatic rings. The van der Waals surface area contributed by atoms with Crippen LogP contribution in [0.2, 0.25) is 0 Å². The molecule has 1 aromatic heterocycles. The van der Waals surface area contributed by atoms with E-state index in [1.54, 1.807) is 44.6 Å². The molecule has 0 N–H and O–H groups in total. The van der Waals surface area contributed by atoms with E-state index >= 15 is 0 Å². The van der Waals surface area contributed by atoms with E-state index in [0.29, 0.717) is 27.5 Å². The minimum atomic E-state index is -0.318. The average Bonchev–Trinajstić information content (AvgIpc) is 2.92. The van der Waals surface area contributed by atoms with Gasteiger partial charge in [-0.1, -0.05) is 60.8 Å². The number of hydrazone groups is 1. The van der Waals surface area contributed by atoms with Gasteiger partial charge in [0.05, 0.1) is 19.9 Å². The van der Waals surface area contributed by atoms with Gasteiger partial charge in [0.1, 0.15) is 11.4 Å². The van der Waals surface area contributed by atoms with E-state index in [0.717, 1.165) is 17.3 Å². The standard InChI is InChI=1S/C23H20N4O3S/c1-15-19-13-24-27(14-16-8-7-11-18(12-16)30-3)23(29)20(19)26(2)25-22(31-15)21(28)17-9-5-4-6-10-17/h4-13H,1,14H2,2-3H3. The molecule has 1 aliphatic rings. The number of nitrogens with zero attached hydrogens (tertiary/aromatic N) is 4. The number of methoxy groups -OCH3 is 1. The Hall–Kier alpha value is -3.65. The van der Waals surface area contributed by atoms with Crippen molar-refractivity contribution in [3.63, 3.8) is 0 Å². The normalized spacial score (nSPS) is 13.3. The molecular formula is C23H20N4O3S. The number of anilines is 1. The van der Waals surface area contributed by atoms with E-state index in [2.05, 4.69) is 16.8 Å². The van der Waals surface area contributed by atoms with Crippen molar-refractivity contribution in [3.8, 4) is 5.75 Å². The Morgan fingerprint density at radius 3 is 2.68 bits per heavy atom. The monoisotopic (exact) mass is 432 g/mol. The molecule has 0 saturated carbocycles. The number of ketones is 1. The Balaban J connectivity index is 1.71. The van der Waals surface area contributed by atoms with Gasteiger partial charge >= 0.3 is 0 Å². The molecule has 2 heterocycles. The second-order valence-corrected chi connectivity index (χ2v) is 7.95. The lowest BCUT2D eigenvalue weighted by Gasteiger charge is -2.16. The number of hydrogen-bond acceptors (Lipinski definition) is 7. The summed E-state index contributed by atoms with van der Waals surface area (Å²) in [6, 6.07) is 16.3. The number of benzene rings is 2. The molecule has 7 nitrogen and oxygen atoms in total. The first-order valence-electron chi connectivity index (χ1n) is 9.50. The molecule has 4 rings (SSSR count). The average molecular weight is 433 g/mol. The lowest BCUT2D eigenvalue weighted by Crippen LogP contribution is -2.30. The summed E-state index contributed by atoms with van der Waals surface area (Å²) < 4.78 is 6.61. The predicted molar refractivity (Wildman–Crippen MR) is 124 cm³/mol. The van der Waals surface area contributed by atoms with Crippen molar-refractivity contribution in [1.29, 1.82) is 0 Å². The van der Waals surface area contributed by atoms with Crippen molar-refractivity contribution in [3.05, 3.63) is 94.4 Å². The summed E-state index contributed by atoms with van der Waals surface area (Å²) in [6.45, 7) is 4.33. The molecule has 0 fully saturated rings. The Labute approximate surface area is 183 Å². The Morgan fingerprint density at radius 2 is 1.94 bits per heavy atom. The first kappa shape index (κ1) is 20.6. The zero-order chi connectivity index (χ0) is 22.0. The second-order valence-electron chi connectivity index (χ2n) is 6.87. The third-order valence-electron chi connectivity index (χ3n) is 4.80. The maximum atomic E-state index is 13.3. The number of carbonyl (C=O) groups excluding carboxylic acids is 1. The maximum Gasteiger partial charge on any atom is 0.293 e. The van der Waals surface area contributed by atoms with Crippen LogP contribution in [0.1, 0.15) is 21.5 Å². The van der Waals surface area contributed by atoms with Crippen molar-refractivity contribution >= 4 is 33.2 Å². The molecule has 31 heavy (non-hydrogen) atoms. The molecule has 156 valence electrons. The first-order valence-corrected chi connectivity index (χ1v) is 10.3. The van der Waals surface area contributed by atoms with Crippen molar-refractivity contribution in [1.82, 2.24) is 9.78 Å². The fourth-order valence-electron chi connectivity index (χ4n) is 3.23. The Bertz CT molecular complexity index is 1250. The van der Waals surface area contributed by atoms with Crippen molar-refractivity contribution in [2.45, 2.75) is 6.54 Å². The molecule has 0 saturated heterocycles. The number of rotatable bonds is 5. The Kier molecular flexibility index (Phi) is 5.73. The van der Waals surface area contributed by atoms with Crippen LogP contribution in [0.15, 0.2) is 77.3 Å². The zero-order valence-electron chi connectivity index (χ0n) is 17.1. The van der Waals surface area contributed by atoms with Gasteiger partial charge in [-0.05, 0) is 17.7 Å². The van der Waals surface area contributed by atoms with Gasteiger partial charge in [-0.25, -0.2) is 4.68 Å². The highest BCUT2D eigenvalue weighted by atomic mass is 32.2. The van der Waals surface area contributed by atoms with Crippen LogP contribution in [0.5, 0.6) is 5.75 Å². The molecule has 8 heteroatoms. The smallest absolute Gasteiger partial charge is 0.293 e. The summed E-state index contributed by atoms with van der Waals surface area (Å²) >= 11 is 1.14. The largest absolute Gasteiger partial charge is 0.497 e. The molecule has 0 atom stereocenters. The highest BCUT2D eigenvalue weighted by Gasteiger charge is 2.26. The second kappa shape index (κ2) is 8.61. The van der Waals surface area contributed by atoms with Gasteiger partial charge in [-0.2, -0.15) is 10.2 Å². The number of ether oxygens (including phenoxy) is 1. The maximum absolute atomic E-state index is 13.3. The van der Waals surface area contributed by atoms with Crippen LogP contribution in [0, 0.1) is 0 Å². The third kappa shape index (κ3) is 4.15. The van der Waals surface area contributed by atoms with E-state index in [-0.39, 0.29) is 22.9 Å². The SMILES string of the molecule is C=C1SC(C(=O)c2ccccc2)=NN(C)c2c1cnn(Cc1cccc(OC)c1)c2=O. The van der Waals surface area contributed by atoms with Gasteiger partial charge in [-0.15, -0.1) is 0 Å². The molecule has 0 spiro atoms. The van der Waals surface area contributed by atoms with Crippen LogP contribution in [0.4, 0.5) is 5.69 Å². The van der Waals surface area contributed by atoms with Crippen LogP contribution in [0.3, 0.4) is 0 Å². The van der Waals surface area contributed by atoms with Crippen LogP contribution in [-0.4, -0.2) is 34.8 Å². The van der Waals surface area contributed by atoms with Gasteiger partial charge in [0.25, 0.3) is 5.56 Å². The van der Waals surface area contributed by atoms with Gasteiger partial charge in [-0.3, -0.25) is 14.6 Å². The number of hydrogen-bond donors (Lipinski definition) is 0. The summed E-state index contributed by atoms with van der Waals surface area (Å²) in [5.74, 6) is 0.479. The van der Waals surface area contributed by atoms with E-state index in [9.17, 15) is 9.59 Å². The van der Waals surface area contributed by atoms with Gasteiger partial charge in [0.15, 0.2) is 5.04 Å². The fraction of sp³-hybridized carbons (Fsp3) is 0.130. The molecule has 2 aromatic carbocycles. The summed E-state index contributed by atoms with van der Waals surface area (Å²) in [4.78, 5) is 26.7. The number of fused-ring (bicyclic) bond motifs is 1. The lowest BCUT2D eigenvalue weighted by atomic mass is 10.1. The predicted octanol–water partition coefficient (Wildman–Crippen LogP) is 3.65. The molecule has 0 unspecified atom stereocenters. The summed E-state index contributed by atoms with van der Waals surface area (Å²) in [5, 5.41) is 10.4. The summed E-state index contributed by atoms with van der Waals surface area (Å²) in [7, 11) is 3.24. The van der Waals surface area contributed by atoms with E-state index in [1.807, 2.05) is 30.3 Å². The number of Topliss-reactive ketones (excluding diaryl/α,β-unsaturated/α-hetero) is 1. The van der Waals surface area contributed by atoms with Gasteiger partial charge in [0.2, 0.25) is 5.78 Å². The quantitative estimate of drug-likeness (QED) is 0.573. The van der Waals surface area contributed by atoms with E-state index in [1.165, 1.54) is 9.69 Å². The van der Waals surface area contributed by atoms with Crippen LogP contribution in [-0.2, 0) is 6.54 Å². The van der Waals surface area contributed by atoms with Crippen molar-refractivity contribution in [2.24, 2.45) is 5.10 Å². The first-order chi connectivity index (χ1) is 15.0. The minimum absolute atomic E-state index is 0.226. The van der Waals surface area contributed by atoms with Gasteiger partial charge < -0.3 is 4.74 Å². The van der Waals surface area contributed by atoms with E-state index < -0.39 is 0 Å². The minimum Gasteiger partial charge on any atom is -0.497 e. The molecular weight excluding hydrogens is 412 g/mol. The molecule has 0 bridgehead atoms. The topological polar surface area (TPSA) is 76.8 Å². The zero-order valence-corrected chi connectivity index (χ0v) is 17.9. The highest BCUT2D eigenvalue weighted by Crippen LogP contribution is 2.35. The van der Waals surface area contributed by atoms with Crippen LogP contribution < -0.4 is 15.3 Å². The molecule has 1 aliphatic heterocycles. The Morgan fingerprint density at radius 1 is 1.16 bits per heavy atom. The van der Waals surface area contributed by atoms with Crippen LogP contribution >= 0.6 is 11.8 Å². The van der Waals surface area contributed by atoms with Crippen molar-refractivity contribution in [2.75, 3.05) is 19.2 Å². The summed E-state index contributed by atoms with van der Waals surface area (Å²) in [6.07, 6.45) is 1.59.